The standard InChI is InChI=1S/C20H33N3O2S/c1-3-4-18-13-19(26-16(18)2)20(24)21-14-17-5-6-23(15-17)8-7-22-9-11-25-12-10-22/h13,17H,3-12,14-15H2,1-2H3,(H,21,24). The number of morpholine rings is 1. The number of carbonyl (C=O) groups excluding carboxylic acids is 1. The third-order valence-corrected chi connectivity index (χ3v) is 6.61. The third-order valence-electron chi connectivity index (χ3n) is 5.52. The molecule has 0 aromatic carbocycles. The summed E-state index contributed by atoms with van der Waals surface area (Å²) < 4.78 is 5.41. The smallest absolute Gasteiger partial charge is 0.261 e. The van der Waals surface area contributed by atoms with Gasteiger partial charge in [-0.1, -0.05) is 13.3 Å². The number of hydrogen-bond acceptors (Lipinski definition) is 5. The molecule has 3 heterocycles. The van der Waals surface area contributed by atoms with E-state index in [0.29, 0.717) is 5.92 Å². The number of likely N-dealkylation sites (tertiary alicyclic amines) is 1. The van der Waals surface area contributed by atoms with Crippen molar-refractivity contribution < 1.29 is 9.53 Å². The number of aryl methyl sites for hydroxylation is 2. The number of ether oxygens (including phenoxy) is 1. The van der Waals surface area contributed by atoms with Gasteiger partial charge in [0.1, 0.15) is 0 Å². The maximum Gasteiger partial charge on any atom is 0.261 e. The molecule has 0 spiro atoms. The number of hydrogen-bond donors (Lipinski definition) is 1. The summed E-state index contributed by atoms with van der Waals surface area (Å²) in [6.45, 7) is 13.5. The summed E-state index contributed by atoms with van der Waals surface area (Å²) in [7, 11) is 0. The van der Waals surface area contributed by atoms with Crippen LogP contribution < -0.4 is 5.32 Å². The molecular weight excluding hydrogens is 346 g/mol. The van der Waals surface area contributed by atoms with Crippen molar-refractivity contribution in [1.82, 2.24) is 15.1 Å². The summed E-state index contributed by atoms with van der Waals surface area (Å²) in [5.41, 5.74) is 1.33. The van der Waals surface area contributed by atoms with Gasteiger partial charge in [-0.3, -0.25) is 9.69 Å². The van der Waals surface area contributed by atoms with Gasteiger partial charge in [0.05, 0.1) is 18.1 Å². The SMILES string of the molecule is CCCc1cc(C(=O)NCC2CCN(CCN3CCOCC3)C2)sc1C. The maximum atomic E-state index is 12.5. The molecule has 146 valence electrons. The topological polar surface area (TPSA) is 44.8 Å². The van der Waals surface area contributed by atoms with Gasteiger partial charge in [-0.05, 0) is 43.9 Å². The Morgan fingerprint density at radius 3 is 2.81 bits per heavy atom. The fraction of sp³-hybridized carbons (Fsp3) is 0.750. The summed E-state index contributed by atoms with van der Waals surface area (Å²) in [5, 5.41) is 3.17. The van der Waals surface area contributed by atoms with E-state index in [0.717, 1.165) is 76.7 Å². The van der Waals surface area contributed by atoms with E-state index < -0.39 is 0 Å². The first-order valence-electron chi connectivity index (χ1n) is 10.1. The van der Waals surface area contributed by atoms with E-state index in [4.69, 9.17) is 4.74 Å². The second-order valence-corrected chi connectivity index (χ2v) is 8.82. The summed E-state index contributed by atoms with van der Waals surface area (Å²) >= 11 is 1.63. The lowest BCUT2D eigenvalue weighted by molar-refractivity contribution is 0.0342. The highest BCUT2D eigenvalue weighted by Crippen LogP contribution is 2.23. The van der Waals surface area contributed by atoms with Crippen LogP contribution in [0.4, 0.5) is 0 Å². The van der Waals surface area contributed by atoms with Crippen molar-refractivity contribution in [3.8, 4) is 0 Å². The molecule has 1 aromatic rings. The lowest BCUT2D eigenvalue weighted by Crippen LogP contribution is -2.41. The molecule has 2 aliphatic heterocycles. The fourth-order valence-electron chi connectivity index (χ4n) is 3.86. The molecule has 1 aromatic heterocycles. The number of nitrogens with one attached hydrogen (secondary N) is 1. The molecule has 5 nitrogen and oxygen atoms in total. The van der Waals surface area contributed by atoms with E-state index in [9.17, 15) is 4.79 Å². The molecule has 1 N–H and O–H groups in total. The van der Waals surface area contributed by atoms with Crippen molar-refractivity contribution in [3.05, 3.63) is 21.4 Å². The van der Waals surface area contributed by atoms with Gasteiger partial charge in [0.2, 0.25) is 0 Å². The van der Waals surface area contributed by atoms with Crippen molar-refractivity contribution in [2.75, 3.05) is 59.0 Å². The average molecular weight is 380 g/mol. The molecule has 2 fully saturated rings. The first-order chi connectivity index (χ1) is 12.7. The third kappa shape index (κ3) is 5.52. The largest absolute Gasteiger partial charge is 0.379 e. The Hall–Kier alpha value is -0.950. The highest BCUT2D eigenvalue weighted by atomic mass is 32.1. The van der Waals surface area contributed by atoms with Gasteiger partial charge < -0.3 is 15.0 Å². The van der Waals surface area contributed by atoms with E-state index >= 15 is 0 Å². The van der Waals surface area contributed by atoms with Gasteiger partial charge in [-0.25, -0.2) is 0 Å². The van der Waals surface area contributed by atoms with Gasteiger partial charge in [-0.2, -0.15) is 0 Å². The van der Waals surface area contributed by atoms with Gasteiger partial charge in [0, 0.05) is 44.1 Å². The van der Waals surface area contributed by atoms with Crippen LogP contribution >= 0.6 is 11.3 Å². The van der Waals surface area contributed by atoms with E-state index in [1.54, 1.807) is 11.3 Å². The van der Waals surface area contributed by atoms with Crippen molar-refractivity contribution in [3.63, 3.8) is 0 Å². The van der Waals surface area contributed by atoms with Crippen molar-refractivity contribution >= 4 is 17.2 Å². The van der Waals surface area contributed by atoms with E-state index in [-0.39, 0.29) is 5.91 Å². The Kier molecular flexibility index (Phi) is 7.49. The number of nitrogens with zero attached hydrogens (tertiary/aromatic N) is 2. The van der Waals surface area contributed by atoms with Crippen LogP contribution in [0.2, 0.25) is 0 Å². The van der Waals surface area contributed by atoms with Crippen LogP contribution in [-0.4, -0.2) is 74.7 Å². The zero-order valence-electron chi connectivity index (χ0n) is 16.3. The lowest BCUT2D eigenvalue weighted by atomic mass is 10.1. The minimum absolute atomic E-state index is 0.104. The molecule has 2 saturated heterocycles. The molecule has 26 heavy (non-hydrogen) atoms. The zero-order valence-corrected chi connectivity index (χ0v) is 17.1. The van der Waals surface area contributed by atoms with Gasteiger partial charge in [0.15, 0.2) is 0 Å². The number of rotatable bonds is 8. The van der Waals surface area contributed by atoms with Crippen molar-refractivity contribution in [2.24, 2.45) is 5.92 Å². The average Bonchev–Trinajstić information content (AvgIpc) is 3.26. The van der Waals surface area contributed by atoms with Gasteiger partial charge in [0.25, 0.3) is 5.91 Å². The summed E-state index contributed by atoms with van der Waals surface area (Å²) in [5.74, 6) is 0.687. The zero-order chi connectivity index (χ0) is 18.4. The summed E-state index contributed by atoms with van der Waals surface area (Å²) in [6.07, 6.45) is 3.38. The van der Waals surface area contributed by atoms with Gasteiger partial charge >= 0.3 is 0 Å². The minimum Gasteiger partial charge on any atom is -0.379 e. The molecule has 1 unspecified atom stereocenters. The van der Waals surface area contributed by atoms with Gasteiger partial charge in [-0.15, -0.1) is 11.3 Å². The van der Waals surface area contributed by atoms with Crippen LogP contribution in [0.3, 0.4) is 0 Å². The Bertz CT molecular complexity index is 584. The highest BCUT2D eigenvalue weighted by Gasteiger charge is 2.24. The van der Waals surface area contributed by atoms with Crippen LogP contribution in [0, 0.1) is 12.8 Å². The Labute approximate surface area is 161 Å². The molecule has 0 saturated carbocycles. The van der Waals surface area contributed by atoms with Crippen LogP contribution in [0.25, 0.3) is 0 Å². The highest BCUT2D eigenvalue weighted by molar-refractivity contribution is 7.14. The quantitative estimate of drug-likeness (QED) is 0.753. The van der Waals surface area contributed by atoms with Crippen LogP contribution in [-0.2, 0) is 11.2 Å². The molecule has 0 radical (unpaired) electrons. The Morgan fingerprint density at radius 2 is 2.04 bits per heavy atom. The van der Waals surface area contributed by atoms with Crippen molar-refractivity contribution in [2.45, 2.75) is 33.1 Å². The molecule has 0 bridgehead atoms. The number of amides is 1. The van der Waals surface area contributed by atoms with E-state index in [1.165, 1.54) is 16.9 Å². The fourth-order valence-corrected chi connectivity index (χ4v) is 4.85. The van der Waals surface area contributed by atoms with Crippen molar-refractivity contribution in [1.29, 1.82) is 0 Å². The number of thiophene rings is 1. The maximum absolute atomic E-state index is 12.5. The van der Waals surface area contributed by atoms with E-state index in [2.05, 4.69) is 35.0 Å². The first-order valence-corrected chi connectivity index (χ1v) is 10.9. The summed E-state index contributed by atoms with van der Waals surface area (Å²) in [6, 6.07) is 2.09. The molecule has 0 aliphatic carbocycles. The van der Waals surface area contributed by atoms with Crippen LogP contribution in [0.15, 0.2) is 6.07 Å². The Balaban J connectivity index is 1.37. The second kappa shape index (κ2) is 9.83. The molecule has 6 heteroatoms. The molecular formula is C20H33N3O2S. The molecule has 1 amide bonds. The monoisotopic (exact) mass is 379 g/mol. The van der Waals surface area contributed by atoms with Crippen LogP contribution in [0.5, 0.6) is 0 Å². The summed E-state index contributed by atoms with van der Waals surface area (Å²) in [4.78, 5) is 19.6. The lowest BCUT2D eigenvalue weighted by Gasteiger charge is -2.28. The predicted molar refractivity (Wildman–Crippen MR) is 107 cm³/mol. The minimum atomic E-state index is 0.104. The molecule has 3 rings (SSSR count). The van der Waals surface area contributed by atoms with E-state index in [1.807, 2.05) is 0 Å². The normalized spacial score (nSPS) is 22.0. The second-order valence-electron chi connectivity index (χ2n) is 7.56. The first kappa shape index (κ1) is 19.8. The predicted octanol–water partition coefficient (Wildman–Crippen LogP) is 2.39. The Morgan fingerprint density at radius 1 is 1.27 bits per heavy atom. The molecule has 1 atom stereocenters. The van der Waals surface area contributed by atoms with Crippen LogP contribution in [0.1, 0.15) is 39.9 Å². The number of carbonyl (C=O) groups is 1. The molecule has 2 aliphatic rings.